The molecule has 1 nitrogen and oxygen atoms in total. The Morgan fingerprint density at radius 1 is 1.50 bits per heavy atom. The fourth-order valence-corrected chi connectivity index (χ4v) is 2.51. The fourth-order valence-electron chi connectivity index (χ4n) is 2.51. The van der Waals surface area contributed by atoms with Crippen LogP contribution in [-0.2, 0) is 4.79 Å². The minimum atomic E-state index is 0.210. The molecule has 90 valence electrons. The lowest BCUT2D eigenvalue weighted by atomic mass is 9.71. The highest BCUT2D eigenvalue weighted by atomic mass is 16.1. The predicted molar refractivity (Wildman–Crippen MR) is 69.4 cm³/mol. The Kier molecular flexibility index (Phi) is 4.52. The standard InChI is InChI=1S/C15H24O/c1-5-7-13(16)9-10-14-12(2)8-6-11-15(14,3)4/h10H,2,5-9,11H2,1,3-4H3. The highest BCUT2D eigenvalue weighted by Crippen LogP contribution is 2.42. The Morgan fingerprint density at radius 2 is 2.19 bits per heavy atom. The summed E-state index contributed by atoms with van der Waals surface area (Å²) in [5.41, 5.74) is 2.77. The molecule has 0 amide bonds. The van der Waals surface area contributed by atoms with Gasteiger partial charge in [-0.1, -0.05) is 39.0 Å². The summed E-state index contributed by atoms with van der Waals surface area (Å²) in [4.78, 5) is 11.5. The summed E-state index contributed by atoms with van der Waals surface area (Å²) in [6, 6.07) is 0. The number of ketones is 1. The zero-order valence-electron chi connectivity index (χ0n) is 10.9. The third-order valence-corrected chi connectivity index (χ3v) is 3.45. The van der Waals surface area contributed by atoms with E-state index in [4.69, 9.17) is 0 Å². The molecule has 0 unspecified atom stereocenters. The maximum Gasteiger partial charge on any atom is 0.136 e. The van der Waals surface area contributed by atoms with E-state index >= 15 is 0 Å². The molecule has 1 aliphatic carbocycles. The van der Waals surface area contributed by atoms with Crippen LogP contribution in [0.15, 0.2) is 23.8 Å². The highest BCUT2D eigenvalue weighted by Gasteiger charge is 2.28. The van der Waals surface area contributed by atoms with Gasteiger partial charge < -0.3 is 0 Å². The van der Waals surface area contributed by atoms with E-state index in [9.17, 15) is 4.79 Å². The molecular formula is C15H24O. The second-order valence-electron chi connectivity index (χ2n) is 5.45. The van der Waals surface area contributed by atoms with Crippen LogP contribution in [-0.4, -0.2) is 5.78 Å². The summed E-state index contributed by atoms with van der Waals surface area (Å²) in [6.07, 6.45) is 7.90. The lowest BCUT2D eigenvalue weighted by Gasteiger charge is -2.34. The van der Waals surface area contributed by atoms with Crippen LogP contribution in [0.1, 0.15) is 59.3 Å². The monoisotopic (exact) mass is 220 g/mol. The third-order valence-electron chi connectivity index (χ3n) is 3.45. The highest BCUT2D eigenvalue weighted by molar-refractivity contribution is 5.80. The van der Waals surface area contributed by atoms with Gasteiger partial charge in [-0.3, -0.25) is 4.79 Å². The van der Waals surface area contributed by atoms with Crippen LogP contribution < -0.4 is 0 Å². The van der Waals surface area contributed by atoms with Gasteiger partial charge in [-0.15, -0.1) is 0 Å². The molecule has 1 aliphatic rings. The van der Waals surface area contributed by atoms with Gasteiger partial charge in [-0.05, 0) is 36.7 Å². The van der Waals surface area contributed by atoms with E-state index in [0.717, 1.165) is 12.8 Å². The van der Waals surface area contributed by atoms with Gasteiger partial charge in [0.15, 0.2) is 0 Å². The SMILES string of the molecule is C=C1CCCC(C)(C)C1=CCC(=O)CCC. The number of allylic oxidation sites excluding steroid dienone is 3. The van der Waals surface area contributed by atoms with Crippen LogP contribution >= 0.6 is 0 Å². The molecule has 0 bridgehead atoms. The molecule has 0 aromatic carbocycles. The summed E-state index contributed by atoms with van der Waals surface area (Å²) in [7, 11) is 0. The van der Waals surface area contributed by atoms with E-state index in [1.54, 1.807) is 0 Å². The smallest absolute Gasteiger partial charge is 0.136 e. The van der Waals surface area contributed by atoms with E-state index in [-0.39, 0.29) is 5.41 Å². The van der Waals surface area contributed by atoms with Crippen LogP contribution in [0.25, 0.3) is 0 Å². The normalized spacial score (nSPS) is 22.4. The topological polar surface area (TPSA) is 17.1 Å². The number of rotatable bonds is 4. The Labute approximate surface area is 99.6 Å². The van der Waals surface area contributed by atoms with Crippen LogP contribution in [0.3, 0.4) is 0 Å². The Bertz CT molecular complexity index is 307. The maximum absolute atomic E-state index is 11.5. The third kappa shape index (κ3) is 3.33. The number of carbonyl (C=O) groups is 1. The largest absolute Gasteiger partial charge is 0.299 e. The van der Waals surface area contributed by atoms with E-state index in [1.807, 2.05) is 0 Å². The number of Topliss-reactive ketones (excluding diaryl/α,β-unsaturated/α-hetero) is 1. The Hall–Kier alpha value is -0.850. The number of carbonyl (C=O) groups excluding carboxylic acids is 1. The molecule has 0 radical (unpaired) electrons. The van der Waals surface area contributed by atoms with Crippen molar-refractivity contribution in [1.29, 1.82) is 0 Å². The summed E-state index contributed by atoms with van der Waals surface area (Å²) >= 11 is 0. The second kappa shape index (κ2) is 5.47. The summed E-state index contributed by atoms with van der Waals surface area (Å²) in [5, 5.41) is 0. The van der Waals surface area contributed by atoms with Crippen molar-refractivity contribution in [2.24, 2.45) is 5.41 Å². The molecule has 1 saturated carbocycles. The molecule has 1 fully saturated rings. The van der Waals surface area contributed by atoms with Gasteiger partial charge in [0.25, 0.3) is 0 Å². The van der Waals surface area contributed by atoms with Gasteiger partial charge in [0.05, 0.1) is 0 Å². The van der Waals surface area contributed by atoms with Gasteiger partial charge in [0.1, 0.15) is 5.78 Å². The first-order chi connectivity index (χ1) is 7.47. The molecule has 0 heterocycles. The molecule has 16 heavy (non-hydrogen) atoms. The summed E-state index contributed by atoms with van der Waals surface area (Å²) < 4.78 is 0. The van der Waals surface area contributed by atoms with Crippen molar-refractivity contribution >= 4 is 5.78 Å². The first kappa shape index (κ1) is 13.2. The molecule has 0 aromatic heterocycles. The van der Waals surface area contributed by atoms with Crippen molar-refractivity contribution in [2.75, 3.05) is 0 Å². The van der Waals surface area contributed by atoms with Crippen molar-refractivity contribution in [1.82, 2.24) is 0 Å². The van der Waals surface area contributed by atoms with Crippen molar-refractivity contribution < 1.29 is 4.79 Å². The van der Waals surface area contributed by atoms with Crippen LogP contribution in [0.4, 0.5) is 0 Å². The van der Waals surface area contributed by atoms with E-state index < -0.39 is 0 Å². The van der Waals surface area contributed by atoms with Crippen LogP contribution in [0.2, 0.25) is 0 Å². The van der Waals surface area contributed by atoms with Gasteiger partial charge >= 0.3 is 0 Å². The van der Waals surface area contributed by atoms with Crippen molar-refractivity contribution in [3.8, 4) is 0 Å². The van der Waals surface area contributed by atoms with Gasteiger partial charge in [-0.25, -0.2) is 0 Å². The fraction of sp³-hybridized carbons (Fsp3) is 0.667. The minimum Gasteiger partial charge on any atom is -0.299 e. The number of hydrogen-bond donors (Lipinski definition) is 0. The van der Waals surface area contributed by atoms with E-state index in [2.05, 4.69) is 33.4 Å². The van der Waals surface area contributed by atoms with Crippen LogP contribution in [0, 0.1) is 5.41 Å². The van der Waals surface area contributed by atoms with E-state index in [1.165, 1.54) is 24.0 Å². The molecule has 0 atom stereocenters. The Morgan fingerprint density at radius 3 is 2.75 bits per heavy atom. The quantitative estimate of drug-likeness (QED) is 0.684. The van der Waals surface area contributed by atoms with Crippen molar-refractivity contribution in [2.45, 2.75) is 59.3 Å². The molecule has 1 rings (SSSR count). The van der Waals surface area contributed by atoms with E-state index in [0.29, 0.717) is 18.6 Å². The number of hydrogen-bond acceptors (Lipinski definition) is 1. The molecular weight excluding hydrogens is 196 g/mol. The van der Waals surface area contributed by atoms with Gasteiger partial charge in [-0.2, -0.15) is 0 Å². The van der Waals surface area contributed by atoms with Gasteiger partial charge in [0.2, 0.25) is 0 Å². The Balaban J connectivity index is 2.71. The lowest BCUT2D eigenvalue weighted by Crippen LogP contribution is -2.21. The minimum absolute atomic E-state index is 0.210. The zero-order valence-corrected chi connectivity index (χ0v) is 10.9. The molecule has 1 heteroatoms. The first-order valence-corrected chi connectivity index (χ1v) is 6.38. The van der Waals surface area contributed by atoms with Crippen LogP contribution in [0.5, 0.6) is 0 Å². The average Bonchev–Trinajstić information content (AvgIpc) is 2.16. The lowest BCUT2D eigenvalue weighted by molar-refractivity contribution is -0.118. The molecule has 0 spiro atoms. The second-order valence-corrected chi connectivity index (χ2v) is 5.45. The average molecular weight is 220 g/mol. The predicted octanol–water partition coefficient (Wildman–Crippen LogP) is 4.44. The summed E-state index contributed by atoms with van der Waals surface area (Å²) in [6.45, 7) is 10.7. The molecule has 0 aliphatic heterocycles. The van der Waals surface area contributed by atoms with Crippen molar-refractivity contribution in [3.05, 3.63) is 23.8 Å². The van der Waals surface area contributed by atoms with Gasteiger partial charge in [0, 0.05) is 12.8 Å². The molecule has 0 saturated heterocycles. The first-order valence-electron chi connectivity index (χ1n) is 6.38. The maximum atomic E-state index is 11.5. The summed E-state index contributed by atoms with van der Waals surface area (Å²) in [5.74, 6) is 0.351. The zero-order chi connectivity index (χ0) is 12.2. The molecule has 0 aromatic rings. The van der Waals surface area contributed by atoms with Crippen molar-refractivity contribution in [3.63, 3.8) is 0 Å². The molecule has 0 N–H and O–H groups in total.